The van der Waals surface area contributed by atoms with Gasteiger partial charge in [-0.2, -0.15) is 20.0 Å². The van der Waals surface area contributed by atoms with Crippen LogP contribution >= 0.6 is 0 Å². The van der Waals surface area contributed by atoms with E-state index in [1.807, 2.05) is 0 Å². The molecule has 1 atom stereocenters. The van der Waals surface area contributed by atoms with E-state index in [1.54, 1.807) is 0 Å². The monoisotopic (exact) mass is 460 g/mol. The number of benzene rings is 2. The number of likely N-dealkylation sites (tertiary alicyclic amines) is 1. The Morgan fingerprint density at radius 3 is 2.64 bits per heavy atom. The van der Waals surface area contributed by atoms with Crippen molar-refractivity contribution in [3.8, 4) is 5.69 Å². The number of halogens is 4. The highest BCUT2D eigenvalue weighted by Gasteiger charge is 2.51. The topological polar surface area (TPSA) is 89.1 Å². The molecule has 0 bridgehead atoms. The molecule has 1 fully saturated rings. The maximum Gasteiger partial charge on any atom is 0.295 e. The Morgan fingerprint density at radius 2 is 1.85 bits per heavy atom. The van der Waals surface area contributed by atoms with Crippen molar-refractivity contribution < 1.29 is 26.8 Å². The Labute approximate surface area is 183 Å². The highest BCUT2D eigenvalue weighted by Crippen LogP contribution is 2.36. The quantitative estimate of drug-likeness (QED) is 0.458. The van der Waals surface area contributed by atoms with Crippen LogP contribution in [0.3, 0.4) is 0 Å². The first-order valence-corrected chi connectivity index (χ1v) is 9.97. The molecular formula is C21H16F4N6O2. The Hall–Kier alpha value is -3.96. The summed E-state index contributed by atoms with van der Waals surface area (Å²) in [5.41, 5.74) is 0.515. The Kier molecular flexibility index (Phi) is 4.99. The third-order valence-electron chi connectivity index (χ3n) is 5.43. The molecule has 1 aliphatic heterocycles. The zero-order valence-electron chi connectivity index (χ0n) is 16.9. The number of rotatable bonds is 5. The molecule has 1 amide bonds. The van der Waals surface area contributed by atoms with Gasteiger partial charge in [-0.3, -0.25) is 4.79 Å². The van der Waals surface area contributed by atoms with Crippen LogP contribution in [0.25, 0.3) is 16.8 Å². The second kappa shape index (κ2) is 7.87. The van der Waals surface area contributed by atoms with Crippen molar-refractivity contribution in [2.24, 2.45) is 0 Å². The van der Waals surface area contributed by atoms with Crippen molar-refractivity contribution in [2.75, 3.05) is 18.4 Å². The number of hydrogen-bond acceptors (Lipinski definition) is 6. The predicted octanol–water partition coefficient (Wildman–Crippen LogP) is 3.65. The summed E-state index contributed by atoms with van der Waals surface area (Å²) in [6.07, 6.45) is 2.19. The summed E-state index contributed by atoms with van der Waals surface area (Å²) in [7, 11) is 0. The van der Waals surface area contributed by atoms with E-state index in [0.29, 0.717) is 0 Å². The number of aromatic nitrogens is 4. The number of nitrogens with zero attached hydrogens (tertiary/aromatic N) is 5. The lowest BCUT2D eigenvalue weighted by Crippen LogP contribution is -2.47. The van der Waals surface area contributed by atoms with E-state index >= 15 is 0 Å². The summed E-state index contributed by atoms with van der Waals surface area (Å²) >= 11 is 0. The number of carbonyl (C=O) groups excluding carboxylic acids is 1. The molecule has 1 saturated heterocycles. The van der Waals surface area contributed by atoms with Gasteiger partial charge in [0.05, 0.1) is 23.6 Å². The molecule has 5 rings (SSSR count). The second-order valence-electron chi connectivity index (χ2n) is 7.52. The molecule has 3 heterocycles. The number of nitrogens with one attached hydrogen (secondary N) is 1. The van der Waals surface area contributed by atoms with Crippen LogP contribution in [-0.4, -0.2) is 55.8 Å². The molecular weight excluding hydrogens is 444 g/mol. The van der Waals surface area contributed by atoms with Gasteiger partial charge in [-0.25, -0.2) is 17.6 Å². The Balaban J connectivity index is 1.42. The van der Waals surface area contributed by atoms with Crippen LogP contribution in [0.4, 0.5) is 23.6 Å². The van der Waals surface area contributed by atoms with E-state index in [1.165, 1.54) is 30.6 Å². The average molecular weight is 460 g/mol. The van der Waals surface area contributed by atoms with E-state index in [2.05, 4.69) is 20.5 Å². The first-order chi connectivity index (χ1) is 15.8. The summed E-state index contributed by atoms with van der Waals surface area (Å²) in [5, 5.41) is 10.5. The third kappa shape index (κ3) is 3.88. The van der Waals surface area contributed by atoms with Crippen molar-refractivity contribution in [1.29, 1.82) is 0 Å². The predicted molar refractivity (Wildman–Crippen MR) is 108 cm³/mol. The fraction of sp³-hybridized carbons (Fsp3) is 0.238. The maximum absolute atomic E-state index is 14.7. The molecule has 0 spiro atoms. The van der Waals surface area contributed by atoms with Gasteiger partial charge in [0.15, 0.2) is 5.58 Å². The number of carbonyl (C=O) groups is 1. The van der Waals surface area contributed by atoms with Gasteiger partial charge >= 0.3 is 0 Å². The van der Waals surface area contributed by atoms with Gasteiger partial charge in [0.2, 0.25) is 0 Å². The van der Waals surface area contributed by atoms with Gasteiger partial charge in [0, 0.05) is 25.6 Å². The smallest absolute Gasteiger partial charge is 0.295 e. The van der Waals surface area contributed by atoms with Crippen molar-refractivity contribution in [3.05, 3.63) is 66.0 Å². The number of amides is 1. The highest BCUT2D eigenvalue weighted by molar-refractivity contribution is 5.98. The van der Waals surface area contributed by atoms with E-state index in [9.17, 15) is 22.4 Å². The van der Waals surface area contributed by atoms with Crippen LogP contribution in [0.2, 0.25) is 0 Å². The number of oxazole rings is 1. The molecule has 0 saturated carbocycles. The SMILES string of the molecule is O=C(c1cc(F)ccc1-n1nccn1)N1CCC(F)(F)[C@H]1CNc1nc2cc(F)ccc2o1. The zero-order valence-corrected chi connectivity index (χ0v) is 16.9. The molecule has 1 N–H and O–H groups in total. The van der Waals surface area contributed by atoms with Gasteiger partial charge in [-0.05, 0) is 30.3 Å². The van der Waals surface area contributed by atoms with Gasteiger partial charge in [0.25, 0.3) is 17.8 Å². The second-order valence-corrected chi connectivity index (χ2v) is 7.52. The molecule has 0 unspecified atom stereocenters. The first-order valence-electron chi connectivity index (χ1n) is 9.97. The van der Waals surface area contributed by atoms with Crippen molar-refractivity contribution in [1.82, 2.24) is 24.9 Å². The largest absolute Gasteiger partial charge is 0.424 e. The van der Waals surface area contributed by atoms with Gasteiger partial charge in [-0.15, -0.1) is 0 Å². The van der Waals surface area contributed by atoms with Gasteiger partial charge in [-0.1, -0.05) is 0 Å². The molecule has 170 valence electrons. The van der Waals surface area contributed by atoms with E-state index in [-0.39, 0.29) is 34.9 Å². The fourth-order valence-electron chi connectivity index (χ4n) is 3.83. The molecule has 33 heavy (non-hydrogen) atoms. The molecule has 2 aromatic carbocycles. The molecule has 0 aliphatic carbocycles. The summed E-state index contributed by atoms with van der Waals surface area (Å²) in [5.74, 6) is -5.21. The summed E-state index contributed by atoms with van der Waals surface area (Å²) in [6, 6.07) is 5.48. The minimum Gasteiger partial charge on any atom is -0.424 e. The van der Waals surface area contributed by atoms with E-state index in [0.717, 1.165) is 27.9 Å². The molecule has 8 nitrogen and oxygen atoms in total. The number of hydrogen-bond donors (Lipinski definition) is 1. The minimum atomic E-state index is -3.21. The standard InChI is InChI=1S/C21H16F4N6O2/c22-12-1-3-16(31-27-6-7-28-31)14(9-12)19(32)30-8-5-21(24,25)18(30)11-26-20-29-15-10-13(23)2-4-17(15)33-20/h1-4,6-7,9-10,18H,5,8,11H2,(H,26,29)/t18-/m1/s1. The van der Waals surface area contributed by atoms with Crippen LogP contribution in [0.5, 0.6) is 0 Å². The van der Waals surface area contributed by atoms with E-state index < -0.39 is 42.5 Å². The number of alkyl halides is 2. The molecule has 4 aromatic rings. The number of anilines is 1. The lowest BCUT2D eigenvalue weighted by molar-refractivity contribution is -0.0249. The van der Waals surface area contributed by atoms with Crippen LogP contribution in [-0.2, 0) is 0 Å². The molecule has 0 radical (unpaired) electrons. The number of fused-ring (bicyclic) bond motifs is 1. The van der Waals surface area contributed by atoms with Crippen molar-refractivity contribution in [2.45, 2.75) is 18.4 Å². The summed E-state index contributed by atoms with van der Waals surface area (Å²) in [4.78, 5) is 19.4. The zero-order chi connectivity index (χ0) is 23.2. The van der Waals surface area contributed by atoms with Gasteiger partial charge < -0.3 is 14.6 Å². The van der Waals surface area contributed by atoms with Crippen LogP contribution in [0, 0.1) is 11.6 Å². The highest BCUT2D eigenvalue weighted by atomic mass is 19.3. The lowest BCUT2D eigenvalue weighted by atomic mass is 10.1. The Bertz CT molecular complexity index is 1320. The summed E-state index contributed by atoms with van der Waals surface area (Å²) < 4.78 is 62.1. The summed E-state index contributed by atoms with van der Waals surface area (Å²) in [6.45, 7) is -0.627. The molecule has 12 heteroatoms. The molecule has 1 aliphatic rings. The van der Waals surface area contributed by atoms with Crippen LogP contribution in [0.1, 0.15) is 16.8 Å². The first kappa shape index (κ1) is 20.9. The van der Waals surface area contributed by atoms with Crippen LogP contribution < -0.4 is 5.32 Å². The van der Waals surface area contributed by atoms with Crippen molar-refractivity contribution >= 4 is 23.0 Å². The normalized spacial score (nSPS) is 17.6. The van der Waals surface area contributed by atoms with Crippen molar-refractivity contribution in [3.63, 3.8) is 0 Å². The minimum absolute atomic E-state index is 0.0853. The average Bonchev–Trinajstić information content (AvgIpc) is 3.50. The van der Waals surface area contributed by atoms with Gasteiger partial charge in [0.1, 0.15) is 23.2 Å². The lowest BCUT2D eigenvalue weighted by Gasteiger charge is -2.28. The third-order valence-corrected chi connectivity index (χ3v) is 5.43. The Morgan fingerprint density at radius 1 is 1.12 bits per heavy atom. The molecule has 2 aromatic heterocycles. The van der Waals surface area contributed by atoms with E-state index in [4.69, 9.17) is 4.42 Å². The fourth-order valence-corrected chi connectivity index (χ4v) is 3.83. The van der Waals surface area contributed by atoms with Crippen LogP contribution in [0.15, 0.2) is 53.2 Å². The maximum atomic E-state index is 14.7.